The summed E-state index contributed by atoms with van der Waals surface area (Å²) in [4.78, 5) is 28.4. The van der Waals surface area contributed by atoms with E-state index in [-0.39, 0.29) is 5.91 Å². The number of carbonyl (C=O) groups is 1. The standard InChI is InChI=1S/C28H29BrN6O/c1-4-35(5-2)18-22-10-9-20(15-24(22)29)27(36)32-23-11-8-19(3)26(16-23)34-28-31-14-12-25(33-28)21-7-6-13-30-17-21/h6-17H,4-5,18H2,1-3H3,(H,32,36)(H,31,33,34). The SMILES string of the molecule is CCN(CC)Cc1ccc(C(=O)Nc2ccc(C)c(Nc3nccc(-c4cccnc4)n3)c2)cc1Br. The monoisotopic (exact) mass is 544 g/mol. The Balaban J connectivity index is 1.48. The minimum Gasteiger partial charge on any atom is -0.324 e. The fourth-order valence-corrected chi connectivity index (χ4v) is 4.26. The number of hydrogen-bond acceptors (Lipinski definition) is 6. The van der Waals surface area contributed by atoms with E-state index in [1.807, 2.05) is 61.5 Å². The van der Waals surface area contributed by atoms with E-state index in [4.69, 9.17) is 0 Å². The van der Waals surface area contributed by atoms with Crippen LogP contribution in [0.3, 0.4) is 0 Å². The molecule has 0 saturated carbocycles. The van der Waals surface area contributed by atoms with Gasteiger partial charge in [-0.05, 0) is 73.6 Å². The molecule has 0 atom stereocenters. The van der Waals surface area contributed by atoms with Crippen molar-refractivity contribution in [2.24, 2.45) is 0 Å². The van der Waals surface area contributed by atoms with Crippen molar-refractivity contribution in [2.75, 3.05) is 23.7 Å². The molecule has 4 aromatic rings. The number of nitrogens with zero attached hydrogens (tertiary/aromatic N) is 4. The molecule has 0 unspecified atom stereocenters. The predicted molar refractivity (Wildman–Crippen MR) is 148 cm³/mol. The molecule has 0 saturated heterocycles. The molecule has 2 aromatic carbocycles. The molecular weight excluding hydrogens is 516 g/mol. The fraction of sp³-hybridized carbons (Fsp3) is 0.214. The molecule has 184 valence electrons. The molecule has 2 heterocycles. The summed E-state index contributed by atoms with van der Waals surface area (Å²) in [5.74, 6) is 0.297. The lowest BCUT2D eigenvalue weighted by atomic mass is 10.1. The van der Waals surface area contributed by atoms with Gasteiger partial charge < -0.3 is 10.6 Å². The third-order valence-corrected chi connectivity index (χ3v) is 6.70. The molecule has 2 aromatic heterocycles. The maximum atomic E-state index is 13.0. The van der Waals surface area contributed by atoms with E-state index in [0.29, 0.717) is 17.2 Å². The van der Waals surface area contributed by atoms with Gasteiger partial charge in [-0.2, -0.15) is 0 Å². The first-order valence-electron chi connectivity index (χ1n) is 11.9. The van der Waals surface area contributed by atoms with Crippen molar-refractivity contribution >= 4 is 39.2 Å². The van der Waals surface area contributed by atoms with E-state index in [1.165, 1.54) is 0 Å². The van der Waals surface area contributed by atoms with Crippen LogP contribution in [0.25, 0.3) is 11.3 Å². The van der Waals surface area contributed by atoms with Crippen molar-refractivity contribution in [1.82, 2.24) is 19.9 Å². The van der Waals surface area contributed by atoms with Crippen LogP contribution in [0.15, 0.2) is 77.7 Å². The lowest BCUT2D eigenvalue weighted by molar-refractivity contribution is 0.102. The van der Waals surface area contributed by atoms with Crippen LogP contribution in [0.1, 0.15) is 35.3 Å². The highest BCUT2D eigenvalue weighted by Crippen LogP contribution is 2.25. The molecule has 0 radical (unpaired) electrons. The van der Waals surface area contributed by atoms with Gasteiger partial charge in [-0.1, -0.05) is 41.9 Å². The van der Waals surface area contributed by atoms with E-state index in [2.05, 4.69) is 60.3 Å². The van der Waals surface area contributed by atoms with E-state index < -0.39 is 0 Å². The van der Waals surface area contributed by atoms with Crippen LogP contribution < -0.4 is 10.6 Å². The third-order valence-electron chi connectivity index (χ3n) is 5.96. The number of aromatic nitrogens is 3. The molecule has 1 amide bonds. The molecule has 0 aliphatic heterocycles. The van der Waals surface area contributed by atoms with Gasteiger partial charge in [-0.25, -0.2) is 9.97 Å². The summed E-state index contributed by atoms with van der Waals surface area (Å²) in [6.45, 7) is 9.08. The zero-order chi connectivity index (χ0) is 25.5. The summed E-state index contributed by atoms with van der Waals surface area (Å²) in [5.41, 5.74) is 5.93. The summed E-state index contributed by atoms with van der Waals surface area (Å²) in [6.07, 6.45) is 5.20. The second-order valence-electron chi connectivity index (χ2n) is 8.38. The second-order valence-corrected chi connectivity index (χ2v) is 9.24. The zero-order valence-electron chi connectivity index (χ0n) is 20.6. The molecule has 0 spiro atoms. The number of nitrogens with one attached hydrogen (secondary N) is 2. The maximum absolute atomic E-state index is 13.0. The van der Waals surface area contributed by atoms with Crippen molar-refractivity contribution in [1.29, 1.82) is 0 Å². The first kappa shape index (κ1) is 25.5. The predicted octanol–water partition coefficient (Wildman–Crippen LogP) is 6.45. The molecule has 2 N–H and O–H groups in total. The quantitative estimate of drug-likeness (QED) is 0.252. The number of amides is 1. The molecule has 0 aliphatic rings. The Morgan fingerprint density at radius 2 is 1.86 bits per heavy atom. The molecular formula is C28H29BrN6O. The summed E-state index contributed by atoms with van der Waals surface area (Å²) in [7, 11) is 0. The highest BCUT2D eigenvalue weighted by atomic mass is 79.9. The van der Waals surface area contributed by atoms with Gasteiger partial charge in [-0.15, -0.1) is 0 Å². The number of hydrogen-bond donors (Lipinski definition) is 2. The molecule has 8 heteroatoms. The van der Waals surface area contributed by atoms with E-state index in [1.54, 1.807) is 18.6 Å². The Bertz CT molecular complexity index is 1340. The summed E-state index contributed by atoms with van der Waals surface area (Å²) < 4.78 is 0.930. The lowest BCUT2D eigenvalue weighted by Crippen LogP contribution is -2.22. The highest BCUT2D eigenvalue weighted by Gasteiger charge is 2.12. The topological polar surface area (TPSA) is 83.0 Å². The van der Waals surface area contributed by atoms with Gasteiger partial charge in [0.15, 0.2) is 0 Å². The summed E-state index contributed by atoms with van der Waals surface area (Å²) in [5, 5.41) is 6.27. The number of carbonyl (C=O) groups excluding carboxylic acids is 1. The van der Waals surface area contributed by atoms with E-state index in [0.717, 1.165) is 52.2 Å². The minimum atomic E-state index is -0.172. The van der Waals surface area contributed by atoms with Gasteiger partial charge in [0.1, 0.15) is 0 Å². The minimum absolute atomic E-state index is 0.172. The van der Waals surface area contributed by atoms with Crippen LogP contribution >= 0.6 is 15.9 Å². The molecule has 4 rings (SSSR count). The fourth-order valence-electron chi connectivity index (χ4n) is 3.76. The van der Waals surface area contributed by atoms with Crippen LogP contribution in [0, 0.1) is 6.92 Å². The lowest BCUT2D eigenvalue weighted by Gasteiger charge is -2.19. The number of aryl methyl sites for hydroxylation is 1. The van der Waals surface area contributed by atoms with Crippen LogP contribution in [0.4, 0.5) is 17.3 Å². The van der Waals surface area contributed by atoms with Crippen molar-refractivity contribution in [3.05, 3.63) is 94.4 Å². The Morgan fingerprint density at radius 1 is 1.03 bits per heavy atom. The largest absolute Gasteiger partial charge is 0.324 e. The van der Waals surface area contributed by atoms with Crippen LogP contribution in [-0.2, 0) is 6.54 Å². The van der Waals surface area contributed by atoms with Crippen molar-refractivity contribution < 1.29 is 4.79 Å². The smallest absolute Gasteiger partial charge is 0.255 e. The number of halogens is 1. The zero-order valence-corrected chi connectivity index (χ0v) is 22.2. The van der Waals surface area contributed by atoms with Crippen molar-refractivity contribution in [2.45, 2.75) is 27.3 Å². The average Bonchev–Trinajstić information content (AvgIpc) is 2.90. The number of anilines is 3. The van der Waals surface area contributed by atoms with E-state index >= 15 is 0 Å². The Labute approximate surface area is 220 Å². The van der Waals surface area contributed by atoms with Crippen LogP contribution in [0.2, 0.25) is 0 Å². The van der Waals surface area contributed by atoms with Gasteiger partial charge in [-0.3, -0.25) is 14.7 Å². The Hall–Kier alpha value is -3.62. The average molecular weight is 545 g/mol. The van der Waals surface area contributed by atoms with Crippen molar-refractivity contribution in [3.8, 4) is 11.3 Å². The molecule has 36 heavy (non-hydrogen) atoms. The van der Waals surface area contributed by atoms with Crippen molar-refractivity contribution in [3.63, 3.8) is 0 Å². The summed E-state index contributed by atoms with van der Waals surface area (Å²) >= 11 is 3.63. The molecule has 7 nitrogen and oxygen atoms in total. The normalized spacial score (nSPS) is 10.9. The third kappa shape index (κ3) is 6.33. The summed E-state index contributed by atoms with van der Waals surface area (Å²) in [6, 6.07) is 17.1. The number of rotatable bonds is 9. The number of pyridine rings is 1. The van der Waals surface area contributed by atoms with Gasteiger partial charge in [0.05, 0.1) is 5.69 Å². The van der Waals surface area contributed by atoms with E-state index in [9.17, 15) is 4.79 Å². The highest BCUT2D eigenvalue weighted by molar-refractivity contribution is 9.10. The van der Waals surface area contributed by atoms with Crippen LogP contribution in [-0.4, -0.2) is 38.8 Å². The Kier molecular flexibility index (Phi) is 8.40. The second kappa shape index (κ2) is 11.9. The maximum Gasteiger partial charge on any atom is 0.255 e. The molecule has 0 aliphatic carbocycles. The van der Waals surface area contributed by atoms with Gasteiger partial charge in [0.25, 0.3) is 5.91 Å². The molecule has 0 fully saturated rings. The van der Waals surface area contributed by atoms with Gasteiger partial charge in [0.2, 0.25) is 5.95 Å². The van der Waals surface area contributed by atoms with Crippen LogP contribution in [0.5, 0.6) is 0 Å². The van der Waals surface area contributed by atoms with Gasteiger partial charge >= 0.3 is 0 Å². The molecule has 0 bridgehead atoms. The Morgan fingerprint density at radius 3 is 2.58 bits per heavy atom. The van der Waals surface area contributed by atoms with Gasteiger partial charge in [0, 0.05) is 52.1 Å². The first-order valence-corrected chi connectivity index (χ1v) is 12.7. The number of benzene rings is 2. The first-order chi connectivity index (χ1) is 17.5.